The molecule has 10 heteroatoms. The molecular formula is C35H37Cl2N3O4S. The molecule has 0 aromatic heterocycles. The van der Waals surface area contributed by atoms with Gasteiger partial charge in [-0.2, -0.15) is 0 Å². The number of aryl methyl sites for hydroxylation is 1. The number of halogens is 2. The van der Waals surface area contributed by atoms with Crippen molar-refractivity contribution in [3.05, 3.63) is 130 Å². The zero-order valence-electron chi connectivity index (χ0n) is 25.5. The van der Waals surface area contributed by atoms with E-state index in [9.17, 15) is 18.0 Å². The van der Waals surface area contributed by atoms with Crippen LogP contribution in [-0.2, 0) is 32.6 Å². The molecule has 1 N–H and O–H groups in total. The number of anilines is 1. The van der Waals surface area contributed by atoms with Crippen LogP contribution in [0.5, 0.6) is 0 Å². The summed E-state index contributed by atoms with van der Waals surface area (Å²) in [5, 5.41) is 3.42. The molecule has 4 rings (SSSR count). The first-order valence-electron chi connectivity index (χ1n) is 14.7. The van der Waals surface area contributed by atoms with Crippen LogP contribution in [0.25, 0.3) is 0 Å². The Bertz CT molecular complexity index is 1720. The molecule has 0 fully saturated rings. The zero-order chi connectivity index (χ0) is 32.6. The van der Waals surface area contributed by atoms with Crippen molar-refractivity contribution >= 4 is 50.7 Å². The highest BCUT2D eigenvalue weighted by molar-refractivity contribution is 7.92. The molecule has 0 spiro atoms. The van der Waals surface area contributed by atoms with Crippen LogP contribution in [0.15, 0.2) is 108 Å². The van der Waals surface area contributed by atoms with Crippen LogP contribution >= 0.6 is 23.2 Å². The molecule has 7 nitrogen and oxygen atoms in total. The van der Waals surface area contributed by atoms with E-state index in [-0.39, 0.29) is 40.5 Å². The Balaban J connectivity index is 1.83. The van der Waals surface area contributed by atoms with E-state index >= 15 is 0 Å². The number of rotatable bonds is 13. The lowest BCUT2D eigenvalue weighted by Gasteiger charge is -2.34. The summed E-state index contributed by atoms with van der Waals surface area (Å²) in [6.45, 7) is 5.29. The SMILES string of the molecule is CC[C@H](C)NC(=O)[C@@H](Cc1ccccc1)N(Cc1ccccc1C)C(=O)CN(c1ccc(Cl)cc1Cl)S(=O)(=O)c1ccccc1. The van der Waals surface area contributed by atoms with E-state index in [0.29, 0.717) is 11.4 Å². The molecule has 0 radical (unpaired) electrons. The van der Waals surface area contributed by atoms with E-state index in [1.165, 1.54) is 35.2 Å². The number of carbonyl (C=O) groups excluding carboxylic acids is 2. The topological polar surface area (TPSA) is 86.8 Å². The fourth-order valence-electron chi connectivity index (χ4n) is 4.88. The highest BCUT2D eigenvalue weighted by atomic mass is 35.5. The minimum absolute atomic E-state index is 0.00961. The average Bonchev–Trinajstić information content (AvgIpc) is 3.03. The summed E-state index contributed by atoms with van der Waals surface area (Å²) in [5.41, 5.74) is 2.73. The molecule has 0 saturated carbocycles. The largest absolute Gasteiger partial charge is 0.352 e. The number of hydrogen-bond acceptors (Lipinski definition) is 4. The smallest absolute Gasteiger partial charge is 0.264 e. The molecule has 0 aliphatic carbocycles. The summed E-state index contributed by atoms with van der Waals surface area (Å²) in [5.74, 6) is -0.888. The Morgan fingerprint density at radius 3 is 2.11 bits per heavy atom. The molecule has 0 bridgehead atoms. The fraction of sp³-hybridized carbons (Fsp3) is 0.257. The number of nitrogens with zero attached hydrogens (tertiary/aromatic N) is 2. The van der Waals surface area contributed by atoms with E-state index in [2.05, 4.69) is 5.32 Å². The zero-order valence-corrected chi connectivity index (χ0v) is 27.8. The van der Waals surface area contributed by atoms with Gasteiger partial charge in [0.05, 0.1) is 15.6 Å². The van der Waals surface area contributed by atoms with Gasteiger partial charge in [0.25, 0.3) is 10.0 Å². The molecule has 0 unspecified atom stereocenters. The van der Waals surface area contributed by atoms with Crippen LogP contribution in [-0.4, -0.2) is 43.8 Å². The Kier molecular flexibility index (Phi) is 11.7. The maximum absolute atomic E-state index is 14.6. The summed E-state index contributed by atoms with van der Waals surface area (Å²) in [7, 11) is -4.27. The normalized spacial score (nSPS) is 12.6. The van der Waals surface area contributed by atoms with Gasteiger partial charge in [-0.1, -0.05) is 103 Å². The molecule has 0 heterocycles. The van der Waals surface area contributed by atoms with Crippen molar-refractivity contribution in [1.82, 2.24) is 10.2 Å². The summed E-state index contributed by atoms with van der Waals surface area (Å²) in [4.78, 5) is 30.0. The van der Waals surface area contributed by atoms with Gasteiger partial charge in [0, 0.05) is 24.0 Å². The Morgan fingerprint density at radius 2 is 1.49 bits per heavy atom. The Morgan fingerprint density at radius 1 is 0.867 bits per heavy atom. The van der Waals surface area contributed by atoms with Crippen LogP contribution in [0.1, 0.15) is 37.0 Å². The minimum atomic E-state index is -4.27. The summed E-state index contributed by atoms with van der Waals surface area (Å²) < 4.78 is 29.2. The van der Waals surface area contributed by atoms with Crippen molar-refractivity contribution in [2.24, 2.45) is 0 Å². The second kappa shape index (κ2) is 15.4. The van der Waals surface area contributed by atoms with Gasteiger partial charge in [-0.15, -0.1) is 0 Å². The van der Waals surface area contributed by atoms with Crippen molar-refractivity contribution in [3.8, 4) is 0 Å². The van der Waals surface area contributed by atoms with Crippen molar-refractivity contribution < 1.29 is 18.0 Å². The van der Waals surface area contributed by atoms with Crippen molar-refractivity contribution in [2.45, 2.75) is 57.1 Å². The minimum Gasteiger partial charge on any atom is -0.352 e. The molecule has 2 atom stereocenters. The van der Waals surface area contributed by atoms with Crippen LogP contribution in [0.4, 0.5) is 5.69 Å². The molecule has 0 saturated heterocycles. The second-order valence-electron chi connectivity index (χ2n) is 10.9. The van der Waals surface area contributed by atoms with Crippen LogP contribution in [0.3, 0.4) is 0 Å². The fourth-order valence-corrected chi connectivity index (χ4v) is 6.90. The molecular weight excluding hydrogens is 629 g/mol. The predicted octanol–water partition coefficient (Wildman–Crippen LogP) is 7.05. The third kappa shape index (κ3) is 8.66. The predicted molar refractivity (Wildman–Crippen MR) is 181 cm³/mol. The first kappa shape index (κ1) is 34.0. The van der Waals surface area contributed by atoms with Gasteiger partial charge in [0.1, 0.15) is 12.6 Å². The highest BCUT2D eigenvalue weighted by Gasteiger charge is 2.35. The molecule has 4 aromatic carbocycles. The van der Waals surface area contributed by atoms with Gasteiger partial charge in [-0.25, -0.2) is 8.42 Å². The van der Waals surface area contributed by atoms with E-state index in [1.807, 2.05) is 75.4 Å². The number of sulfonamides is 1. The first-order valence-corrected chi connectivity index (χ1v) is 16.9. The number of carbonyl (C=O) groups is 2. The summed E-state index contributed by atoms with van der Waals surface area (Å²) >= 11 is 12.7. The third-order valence-electron chi connectivity index (χ3n) is 7.66. The van der Waals surface area contributed by atoms with Crippen molar-refractivity contribution in [2.75, 3.05) is 10.8 Å². The van der Waals surface area contributed by atoms with Crippen LogP contribution < -0.4 is 9.62 Å². The molecule has 2 amide bonds. The summed E-state index contributed by atoms with van der Waals surface area (Å²) in [6, 6.07) is 28.2. The lowest BCUT2D eigenvalue weighted by atomic mass is 10.0. The van der Waals surface area contributed by atoms with Gasteiger partial charge in [0.15, 0.2) is 0 Å². The number of hydrogen-bond donors (Lipinski definition) is 1. The quantitative estimate of drug-likeness (QED) is 0.166. The lowest BCUT2D eigenvalue weighted by molar-refractivity contribution is -0.140. The van der Waals surface area contributed by atoms with Crippen molar-refractivity contribution in [3.63, 3.8) is 0 Å². The number of benzene rings is 4. The second-order valence-corrected chi connectivity index (χ2v) is 13.6. The third-order valence-corrected chi connectivity index (χ3v) is 9.97. The van der Waals surface area contributed by atoms with Gasteiger partial charge >= 0.3 is 0 Å². The van der Waals surface area contributed by atoms with Gasteiger partial charge in [0.2, 0.25) is 11.8 Å². The van der Waals surface area contributed by atoms with Crippen LogP contribution in [0, 0.1) is 6.92 Å². The molecule has 4 aromatic rings. The number of amides is 2. The first-order chi connectivity index (χ1) is 21.5. The summed E-state index contributed by atoms with van der Waals surface area (Å²) in [6.07, 6.45) is 0.932. The van der Waals surface area contributed by atoms with E-state index < -0.39 is 28.5 Å². The number of nitrogens with one attached hydrogen (secondary N) is 1. The molecule has 236 valence electrons. The monoisotopic (exact) mass is 665 g/mol. The van der Waals surface area contributed by atoms with Gasteiger partial charge < -0.3 is 10.2 Å². The van der Waals surface area contributed by atoms with Crippen LogP contribution in [0.2, 0.25) is 10.0 Å². The van der Waals surface area contributed by atoms with Gasteiger partial charge in [-0.05, 0) is 67.3 Å². The van der Waals surface area contributed by atoms with E-state index in [4.69, 9.17) is 23.2 Å². The van der Waals surface area contributed by atoms with E-state index in [1.54, 1.807) is 18.2 Å². The maximum atomic E-state index is 14.6. The van der Waals surface area contributed by atoms with Crippen molar-refractivity contribution in [1.29, 1.82) is 0 Å². The molecule has 0 aliphatic heterocycles. The van der Waals surface area contributed by atoms with E-state index in [0.717, 1.165) is 21.0 Å². The van der Waals surface area contributed by atoms with Gasteiger partial charge in [-0.3, -0.25) is 13.9 Å². The Labute approximate surface area is 275 Å². The molecule has 0 aliphatic rings. The standard InChI is InChI=1S/C35H37Cl2N3O4S/c1-4-26(3)38-35(42)33(21-27-14-7-5-8-15-27)39(23-28-16-12-11-13-25(28)2)34(41)24-40(32-20-19-29(36)22-31(32)37)45(43,44)30-17-9-6-10-18-30/h5-20,22,26,33H,4,21,23-24H2,1-3H3,(H,38,42)/t26-,33+/m0/s1. The maximum Gasteiger partial charge on any atom is 0.264 e. The lowest BCUT2D eigenvalue weighted by Crippen LogP contribution is -2.54. The molecule has 45 heavy (non-hydrogen) atoms. The average molecular weight is 667 g/mol. The highest BCUT2D eigenvalue weighted by Crippen LogP contribution is 2.33. The Hall–Kier alpha value is -3.85.